The Morgan fingerprint density at radius 2 is 1.56 bits per heavy atom. The van der Waals surface area contributed by atoms with Gasteiger partial charge in [-0.3, -0.25) is 4.18 Å². The molecular weight excluding hydrogens is 470 g/mol. The van der Waals surface area contributed by atoms with E-state index in [-0.39, 0.29) is 18.8 Å². The maximum atomic E-state index is 13.9. The maximum Gasteiger partial charge on any atom is 0.439 e. The number of rotatable bonds is 6. The smallest absolute Gasteiger partial charge is 0.439 e. The van der Waals surface area contributed by atoms with Gasteiger partial charge in [-0.05, 0) is 39.0 Å². The Morgan fingerprint density at radius 1 is 1.06 bits per heavy atom. The van der Waals surface area contributed by atoms with E-state index in [2.05, 4.69) is 4.18 Å². The zero-order chi connectivity index (χ0) is 24.8. The van der Waals surface area contributed by atoms with Crippen LogP contribution in [0, 0.1) is 17.8 Å². The average Bonchev–Trinajstić information content (AvgIpc) is 2.74. The molecule has 0 radical (unpaired) electrons. The van der Waals surface area contributed by atoms with Gasteiger partial charge in [0, 0.05) is 11.8 Å². The summed E-state index contributed by atoms with van der Waals surface area (Å²) in [6, 6.07) is 0. The first-order valence-corrected chi connectivity index (χ1v) is 11.1. The molecule has 1 aliphatic heterocycles. The van der Waals surface area contributed by atoms with Crippen molar-refractivity contribution in [2.75, 3.05) is 20.3 Å². The van der Waals surface area contributed by atoms with Crippen molar-refractivity contribution in [2.24, 2.45) is 17.8 Å². The Kier molecular flexibility index (Phi) is 7.71. The molecule has 4 unspecified atom stereocenters. The summed E-state index contributed by atoms with van der Waals surface area (Å²) in [5.74, 6) is -14.3. The summed E-state index contributed by atoms with van der Waals surface area (Å²) >= 11 is -3.27. The molecule has 4 atom stereocenters. The van der Waals surface area contributed by atoms with Crippen LogP contribution >= 0.6 is 0 Å². The topological polar surface area (TPSA) is 71.1 Å². The summed E-state index contributed by atoms with van der Waals surface area (Å²) in [5.41, 5.74) is -1.63. The van der Waals surface area contributed by atoms with Gasteiger partial charge in [-0.2, -0.15) is 26.3 Å². The first kappa shape index (κ1) is 27.3. The third-order valence-electron chi connectivity index (χ3n) is 5.90. The van der Waals surface area contributed by atoms with Crippen molar-refractivity contribution in [1.29, 1.82) is 0 Å². The molecule has 0 amide bonds. The molecule has 2 rings (SSSR count). The molecule has 13 heteroatoms. The molecule has 32 heavy (non-hydrogen) atoms. The van der Waals surface area contributed by atoms with Gasteiger partial charge in [-0.25, -0.2) is 9.00 Å². The molecule has 1 heterocycles. The lowest BCUT2D eigenvalue weighted by atomic mass is 9.68. The minimum Gasteiger partial charge on any atom is -0.454 e. The fourth-order valence-corrected chi connectivity index (χ4v) is 4.83. The van der Waals surface area contributed by atoms with Gasteiger partial charge in [-0.15, -0.1) is 0 Å². The van der Waals surface area contributed by atoms with Crippen molar-refractivity contribution in [3.05, 3.63) is 0 Å². The van der Waals surface area contributed by atoms with Crippen LogP contribution in [-0.4, -0.2) is 59.0 Å². The molecule has 0 aromatic carbocycles. The third-order valence-corrected chi connectivity index (χ3v) is 6.79. The van der Waals surface area contributed by atoms with E-state index in [1.54, 1.807) is 6.92 Å². The molecular formula is C19H28F6O6S. The first-order valence-electron chi connectivity index (χ1n) is 10.0. The highest BCUT2D eigenvalue weighted by Gasteiger charge is 2.64. The summed E-state index contributed by atoms with van der Waals surface area (Å²) in [6.45, 7) is 2.87. The van der Waals surface area contributed by atoms with Crippen LogP contribution < -0.4 is 0 Å². The minimum atomic E-state index is -4.46. The normalized spacial score (nSPS) is 31.0. The molecule has 1 spiro atoms. The lowest BCUT2D eigenvalue weighted by Crippen LogP contribution is -2.55. The molecule has 2 fully saturated rings. The number of hydrogen-bond acceptors (Lipinski definition) is 6. The van der Waals surface area contributed by atoms with Gasteiger partial charge in [0.15, 0.2) is 5.79 Å². The number of ether oxygens (including phenoxy) is 3. The zero-order valence-corrected chi connectivity index (χ0v) is 19.2. The van der Waals surface area contributed by atoms with Gasteiger partial charge in [0.25, 0.3) is 0 Å². The second-order valence-electron chi connectivity index (χ2n) is 9.15. The van der Waals surface area contributed by atoms with Gasteiger partial charge < -0.3 is 14.2 Å². The lowest BCUT2D eigenvalue weighted by molar-refractivity contribution is -0.312. The SMILES string of the molecule is COS(=O)C(F)(F)C(=O)OC(C)(C)CC1CC(C)CC(C)C12OCC(F)(F)C(F)(F)CO2. The molecule has 2 aliphatic rings. The van der Waals surface area contributed by atoms with Crippen LogP contribution in [0.1, 0.15) is 47.0 Å². The second kappa shape index (κ2) is 9.03. The van der Waals surface area contributed by atoms with Crippen molar-refractivity contribution in [1.82, 2.24) is 0 Å². The maximum absolute atomic E-state index is 13.9. The highest BCUT2D eigenvalue weighted by atomic mass is 32.2. The number of esters is 1. The Bertz CT molecular complexity index is 713. The third kappa shape index (κ3) is 5.25. The highest BCUT2D eigenvalue weighted by molar-refractivity contribution is 7.82. The van der Waals surface area contributed by atoms with Crippen LogP contribution in [0.4, 0.5) is 26.3 Å². The van der Waals surface area contributed by atoms with Crippen LogP contribution in [0.3, 0.4) is 0 Å². The molecule has 1 saturated carbocycles. The summed E-state index contributed by atoms with van der Waals surface area (Å²) in [5, 5.41) is -4.45. The molecule has 1 aliphatic carbocycles. The van der Waals surface area contributed by atoms with E-state index < -0.39 is 70.6 Å². The molecule has 188 valence electrons. The number of carbonyl (C=O) groups is 1. The van der Waals surface area contributed by atoms with E-state index in [9.17, 15) is 35.3 Å². The van der Waals surface area contributed by atoms with Crippen molar-refractivity contribution >= 4 is 17.0 Å². The number of hydrogen-bond donors (Lipinski definition) is 0. The first-order chi connectivity index (χ1) is 14.4. The van der Waals surface area contributed by atoms with E-state index in [0.717, 1.165) is 7.11 Å². The number of halogens is 6. The van der Waals surface area contributed by atoms with Gasteiger partial charge in [0.1, 0.15) is 18.8 Å². The fraction of sp³-hybridized carbons (Fsp3) is 0.947. The monoisotopic (exact) mass is 498 g/mol. The minimum absolute atomic E-state index is 0.00559. The van der Waals surface area contributed by atoms with E-state index in [0.29, 0.717) is 6.42 Å². The number of carbonyl (C=O) groups excluding carboxylic acids is 1. The Hall–Kier alpha value is -0.920. The van der Waals surface area contributed by atoms with Crippen LogP contribution in [0.2, 0.25) is 0 Å². The van der Waals surface area contributed by atoms with Crippen molar-refractivity contribution in [3.8, 4) is 0 Å². The van der Waals surface area contributed by atoms with Crippen molar-refractivity contribution < 1.29 is 53.7 Å². The van der Waals surface area contributed by atoms with Crippen LogP contribution in [0.15, 0.2) is 0 Å². The van der Waals surface area contributed by atoms with Crippen LogP contribution in [0.25, 0.3) is 0 Å². The average molecular weight is 498 g/mol. The molecule has 6 nitrogen and oxygen atoms in total. The van der Waals surface area contributed by atoms with E-state index in [4.69, 9.17) is 14.2 Å². The summed E-state index contributed by atoms with van der Waals surface area (Å²) < 4.78 is 114. The molecule has 0 N–H and O–H groups in total. The van der Waals surface area contributed by atoms with Gasteiger partial charge in [0.2, 0.25) is 11.1 Å². The quantitative estimate of drug-likeness (QED) is 0.402. The molecule has 1 saturated heterocycles. The zero-order valence-electron chi connectivity index (χ0n) is 18.4. The second-order valence-corrected chi connectivity index (χ2v) is 10.5. The molecule has 0 bridgehead atoms. The van der Waals surface area contributed by atoms with Gasteiger partial charge in [0.05, 0.1) is 7.11 Å². The van der Waals surface area contributed by atoms with Crippen LogP contribution in [-0.2, 0) is 34.3 Å². The van der Waals surface area contributed by atoms with Gasteiger partial charge in [-0.1, -0.05) is 13.8 Å². The lowest BCUT2D eigenvalue weighted by Gasteiger charge is -2.50. The van der Waals surface area contributed by atoms with Gasteiger partial charge >= 0.3 is 23.1 Å². The molecule has 0 aromatic rings. The van der Waals surface area contributed by atoms with Crippen molar-refractivity contribution in [3.63, 3.8) is 0 Å². The summed E-state index contributed by atoms with van der Waals surface area (Å²) in [4.78, 5) is 11.9. The predicted octanol–water partition coefficient (Wildman–Crippen LogP) is 4.30. The van der Waals surface area contributed by atoms with Crippen molar-refractivity contribution in [2.45, 2.75) is 75.4 Å². The standard InChI is InChI=1S/C19H28F6O6S/c1-11-6-12(2)18(29-9-16(20,21)17(22,23)10-30-18)13(7-11)8-15(3,4)31-14(26)19(24,25)32(27)28-5/h11-13H,6-10H2,1-5H3. The van der Waals surface area contributed by atoms with Crippen LogP contribution in [0.5, 0.6) is 0 Å². The summed E-state index contributed by atoms with van der Waals surface area (Å²) in [6.07, 6.45) is 0.474. The van der Waals surface area contributed by atoms with E-state index in [1.807, 2.05) is 6.92 Å². The summed E-state index contributed by atoms with van der Waals surface area (Å²) in [7, 11) is 0.725. The highest BCUT2D eigenvalue weighted by Crippen LogP contribution is 2.51. The largest absolute Gasteiger partial charge is 0.454 e. The Balaban J connectivity index is 2.30. The predicted molar refractivity (Wildman–Crippen MR) is 100 cm³/mol. The van der Waals surface area contributed by atoms with E-state index in [1.165, 1.54) is 13.8 Å². The number of alkyl halides is 6. The molecule has 0 aromatic heterocycles. The Labute approximate surface area is 184 Å². The Morgan fingerprint density at radius 3 is 2.03 bits per heavy atom. The van der Waals surface area contributed by atoms with E-state index >= 15 is 0 Å². The fourth-order valence-electron chi connectivity index (χ4n) is 4.44.